The van der Waals surface area contributed by atoms with Crippen molar-refractivity contribution >= 4 is 23.2 Å². The standard InChI is InChI=1S/C18H22ClNO3/c1-2-23-20-10-4-3-5-16-17(21)11-14(12-18(16)22)13-6-8-15(19)9-7-13/h5-9,14,20H,2-4,10-12H2,1H3. The third kappa shape index (κ3) is 5.27. The van der Waals surface area contributed by atoms with Crippen molar-refractivity contribution in [3.8, 4) is 0 Å². The Kier molecular flexibility index (Phi) is 6.96. The Morgan fingerprint density at radius 2 is 1.87 bits per heavy atom. The summed E-state index contributed by atoms with van der Waals surface area (Å²) in [6.07, 6.45) is 4.06. The van der Waals surface area contributed by atoms with Crippen LogP contribution in [0.2, 0.25) is 5.02 Å². The highest BCUT2D eigenvalue weighted by molar-refractivity contribution is 6.30. The smallest absolute Gasteiger partial charge is 0.166 e. The molecule has 1 fully saturated rings. The summed E-state index contributed by atoms with van der Waals surface area (Å²) in [6.45, 7) is 3.23. The molecule has 0 spiro atoms. The molecule has 0 unspecified atom stereocenters. The summed E-state index contributed by atoms with van der Waals surface area (Å²) in [5, 5.41) is 0.656. The predicted octanol–water partition coefficient (Wildman–Crippen LogP) is 3.60. The highest BCUT2D eigenvalue weighted by atomic mass is 35.5. The van der Waals surface area contributed by atoms with Crippen LogP contribution in [-0.2, 0) is 14.4 Å². The van der Waals surface area contributed by atoms with Crippen molar-refractivity contribution in [1.29, 1.82) is 0 Å². The number of allylic oxidation sites excluding steroid dienone is 2. The molecule has 0 radical (unpaired) electrons. The van der Waals surface area contributed by atoms with Gasteiger partial charge >= 0.3 is 0 Å². The topological polar surface area (TPSA) is 55.4 Å². The number of ketones is 2. The maximum Gasteiger partial charge on any atom is 0.166 e. The van der Waals surface area contributed by atoms with Crippen molar-refractivity contribution in [3.63, 3.8) is 0 Å². The summed E-state index contributed by atoms with van der Waals surface area (Å²) in [6, 6.07) is 7.37. The number of carbonyl (C=O) groups is 2. The summed E-state index contributed by atoms with van der Waals surface area (Å²) in [5.74, 6) is -0.151. The lowest BCUT2D eigenvalue weighted by atomic mass is 9.79. The van der Waals surface area contributed by atoms with Crippen LogP contribution in [0.1, 0.15) is 44.1 Å². The van der Waals surface area contributed by atoms with Crippen molar-refractivity contribution in [2.75, 3.05) is 13.2 Å². The normalized spacial score (nSPS) is 18.3. The van der Waals surface area contributed by atoms with E-state index in [2.05, 4.69) is 5.48 Å². The third-order valence-corrected chi connectivity index (χ3v) is 4.14. The van der Waals surface area contributed by atoms with E-state index in [9.17, 15) is 9.59 Å². The van der Waals surface area contributed by atoms with E-state index in [1.807, 2.05) is 19.1 Å². The fraction of sp³-hybridized carbons (Fsp3) is 0.444. The zero-order valence-electron chi connectivity index (χ0n) is 13.3. The number of hydrogen-bond donors (Lipinski definition) is 1. The van der Waals surface area contributed by atoms with Gasteiger partial charge in [-0.3, -0.25) is 9.59 Å². The molecule has 1 aliphatic rings. The van der Waals surface area contributed by atoms with Gasteiger partial charge < -0.3 is 4.84 Å². The molecule has 4 nitrogen and oxygen atoms in total. The molecular weight excluding hydrogens is 314 g/mol. The highest BCUT2D eigenvalue weighted by Crippen LogP contribution is 2.32. The summed E-state index contributed by atoms with van der Waals surface area (Å²) in [5.41, 5.74) is 4.18. The van der Waals surface area contributed by atoms with Gasteiger partial charge in [0.05, 0.1) is 12.2 Å². The number of nitrogens with one attached hydrogen (secondary N) is 1. The molecule has 0 bridgehead atoms. The van der Waals surface area contributed by atoms with E-state index in [0.29, 0.717) is 43.0 Å². The van der Waals surface area contributed by atoms with Crippen molar-refractivity contribution in [1.82, 2.24) is 5.48 Å². The second kappa shape index (κ2) is 8.96. The van der Waals surface area contributed by atoms with Gasteiger partial charge in [0.15, 0.2) is 11.6 Å². The molecular formula is C18H22ClNO3. The SMILES string of the molecule is CCONCCCC=C1C(=O)CC(c2ccc(Cl)cc2)CC1=O. The first-order valence-corrected chi connectivity index (χ1v) is 8.36. The summed E-state index contributed by atoms with van der Waals surface area (Å²) in [7, 11) is 0. The van der Waals surface area contributed by atoms with Gasteiger partial charge in [-0.05, 0) is 43.4 Å². The van der Waals surface area contributed by atoms with Crippen molar-refractivity contribution in [2.45, 2.75) is 38.5 Å². The van der Waals surface area contributed by atoms with Crippen LogP contribution >= 0.6 is 11.6 Å². The Balaban J connectivity index is 1.90. The molecule has 2 rings (SSSR count). The Labute approximate surface area is 141 Å². The second-order valence-electron chi connectivity index (χ2n) is 5.59. The van der Waals surface area contributed by atoms with E-state index >= 15 is 0 Å². The molecule has 1 aromatic carbocycles. The van der Waals surface area contributed by atoms with Crippen LogP contribution in [0, 0.1) is 0 Å². The van der Waals surface area contributed by atoms with Crippen molar-refractivity contribution < 1.29 is 14.4 Å². The molecule has 0 atom stereocenters. The van der Waals surface area contributed by atoms with Crippen LogP contribution < -0.4 is 5.48 Å². The van der Waals surface area contributed by atoms with E-state index in [0.717, 1.165) is 12.0 Å². The maximum absolute atomic E-state index is 12.3. The number of hydrogen-bond acceptors (Lipinski definition) is 4. The predicted molar refractivity (Wildman–Crippen MR) is 90.4 cm³/mol. The molecule has 124 valence electrons. The zero-order chi connectivity index (χ0) is 16.7. The molecule has 1 aromatic rings. The number of unbranched alkanes of at least 4 members (excludes halogenated alkanes) is 1. The quantitative estimate of drug-likeness (QED) is 0.358. The van der Waals surface area contributed by atoms with Crippen LogP contribution in [0.15, 0.2) is 35.9 Å². The fourth-order valence-corrected chi connectivity index (χ4v) is 2.81. The zero-order valence-corrected chi connectivity index (χ0v) is 14.1. The Hall–Kier alpha value is -1.49. The van der Waals surface area contributed by atoms with Gasteiger partial charge in [0.2, 0.25) is 0 Å². The third-order valence-electron chi connectivity index (χ3n) is 3.88. The monoisotopic (exact) mass is 335 g/mol. The van der Waals surface area contributed by atoms with E-state index in [-0.39, 0.29) is 17.5 Å². The van der Waals surface area contributed by atoms with Gasteiger partial charge in [0.25, 0.3) is 0 Å². The first kappa shape index (κ1) is 17.9. The van der Waals surface area contributed by atoms with Gasteiger partial charge in [-0.25, -0.2) is 5.48 Å². The largest absolute Gasteiger partial charge is 0.302 e. The van der Waals surface area contributed by atoms with E-state index in [1.54, 1.807) is 18.2 Å². The van der Waals surface area contributed by atoms with Crippen LogP contribution in [0.3, 0.4) is 0 Å². The average Bonchev–Trinajstić information content (AvgIpc) is 2.53. The van der Waals surface area contributed by atoms with Crippen LogP contribution in [0.5, 0.6) is 0 Å². The second-order valence-corrected chi connectivity index (χ2v) is 6.03. The molecule has 1 aliphatic carbocycles. The summed E-state index contributed by atoms with van der Waals surface area (Å²) in [4.78, 5) is 29.6. The molecule has 1 N–H and O–H groups in total. The Morgan fingerprint density at radius 3 is 2.48 bits per heavy atom. The minimum absolute atomic E-state index is 0.0379. The number of hydroxylamine groups is 1. The molecule has 23 heavy (non-hydrogen) atoms. The van der Waals surface area contributed by atoms with Gasteiger partial charge in [0, 0.05) is 24.4 Å². The van der Waals surface area contributed by atoms with Gasteiger partial charge in [-0.15, -0.1) is 0 Å². The molecule has 5 heteroatoms. The first-order valence-electron chi connectivity index (χ1n) is 7.98. The molecule has 0 heterocycles. The molecule has 1 saturated carbocycles. The van der Waals surface area contributed by atoms with Crippen LogP contribution in [0.4, 0.5) is 0 Å². The van der Waals surface area contributed by atoms with Gasteiger partial charge in [-0.2, -0.15) is 0 Å². The lowest BCUT2D eigenvalue weighted by molar-refractivity contribution is -0.124. The minimum atomic E-state index is -0.0565. The van der Waals surface area contributed by atoms with Crippen LogP contribution in [0.25, 0.3) is 0 Å². The minimum Gasteiger partial charge on any atom is -0.302 e. The number of rotatable bonds is 7. The van der Waals surface area contributed by atoms with Crippen molar-refractivity contribution in [3.05, 3.63) is 46.5 Å². The van der Waals surface area contributed by atoms with Crippen LogP contribution in [-0.4, -0.2) is 24.7 Å². The maximum atomic E-state index is 12.3. The Bertz CT molecular complexity index is 560. The molecule has 0 aromatic heterocycles. The van der Waals surface area contributed by atoms with E-state index in [1.165, 1.54) is 0 Å². The Morgan fingerprint density at radius 1 is 1.22 bits per heavy atom. The van der Waals surface area contributed by atoms with Gasteiger partial charge in [0.1, 0.15) is 0 Å². The molecule has 0 amide bonds. The number of carbonyl (C=O) groups excluding carboxylic acids is 2. The summed E-state index contributed by atoms with van der Waals surface area (Å²) >= 11 is 5.88. The van der Waals surface area contributed by atoms with Crippen molar-refractivity contribution in [2.24, 2.45) is 0 Å². The van der Waals surface area contributed by atoms with Gasteiger partial charge in [-0.1, -0.05) is 29.8 Å². The molecule has 0 saturated heterocycles. The van der Waals surface area contributed by atoms with E-state index < -0.39 is 0 Å². The number of Topliss-reactive ketones (excluding diaryl/α,β-unsaturated/α-hetero) is 2. The van der Waals surface area contributed by atoms with E-state index in [4.69, 9.17) is 16.4 Å². The lowest BCUT2D eigenvalue weighted by Gasteiger charge is -2.22. The average molecular weight is 336 g/mol. The highest BCUT2D eigenvalue weighted by Gasteiger charge is 2.30. The molecule has 0 aliphatic heterocycles. The summed E-state index contributed by atoms with van der Waals surface area (Å²) < 4.78 is 0. The lowest BCUT2D eigenvalue weighted by Crippen LogP contribution is -2.25. The number of halogens is 1. The first-order chi connectivity index (χ1) is 11.1. The fourth-order valence-electron chi connectivity index (χ4n) is 2.69. The number of benzene rings is 1.